The average Bonchev–Trinajstić information content (AvgIpc) is 2.35. The van der Waals surface area contributed by atoms with E-state index in [9.17, 15) is 17.6 Å². The Morgan fingerprint density at radius 1 is 1.37 bits per heavy atom. The van der Waals surface area contributed by atoms with Gasteiger partial charge in [-0.25, -0.2) is 12.8 Å². The third-order valence-electron chi connectivity index (χ3n) is 2.26. The molecule has 6 nitrogen and oxygen atoms in total. The molecular weight excluding hydrogens is 275 g/mol. The molecule has 1 amide bonds. The highest BCUT2D eigenvalue weighted by Gasteiger charge is 2.21. The molecule has 0 aliphatic carbocycles. The normalized spacial score (nSPS) is 13.0. The molecule has 1 atom stereocenters. The number of sulfonamides is 1. The lowest BCUT2D eigenvalue weighted by Crippen LogP contribution is -2.45. The minimum Gasteiger partial charge on any atom is -0.395 e. The summed E-state index contributed by atoms with van der Waals surface area (Å²) in [5.74, 6) is -1.10. The number of hydrogen-bond donors (Lipinski definition) is 3. The highest BCUT2D eigenvalue weighted by Crippen LogP contribution is 2.10. The molecule has 0 saturated heterocycles. The standard InChI is InChI=1S/C11H15FN2O4S/c1-8(11(16)13-6-7-15)14-19(17,18)10-4-2-9(12)3-5-10/h2-5,8,14-15H,6-7H2,1H3,(H,13,16)/t8-/m1/s1. The number of aliphatic hydroxyl groups excluding tert-OH is 1. The molecule has 106 valence electrons. The van der Waals surface area contributed by atoms with E-state index in [0.717, 1.165) is 24.3 Å². The Hall–Kier alpha value is -1.51. The zero-order valence-electron chi connectivity index (χ0n) is 10.3. The quantitative estimate of drug-likeness (QED) is 0.664. The van der Waals surface area contributed by atoms with Gasteiger partial charge >= 0.3 is 0 Å². The minimum absolute atomic E-state index is 0.0431. The summed E-state index contributed by atoms with van der Waals surface area (Å²) >= 11 is 0. The first-order valence-electron chi connectivity index (χ1n) is 5.53. The molecule has 0 radical (unpaired) electrons. The lowest BCUT2D eigenvalue weighted by molar-refractivity contribution is -0.122. The largest absolute Gasteiger partial charge is 0.395 e. The Kier molecular flexibility index (Phi) is 5.40. The number of carbonyl (C=O) groups is 1. The fourth-order valence-electron chi connectivity index (χ4n) is 1.30. The summed E-state index contributed by atoms with van der Waals surface area (Å²) in [6.07, 6.45) is 0. The van der Waals surface area contributed by atoms with E-state index in [0.29, 0.717) is 0 Å². The molecule has 0 unspecified atom stereocenters. The molecule has 0 saturated carbocycles. The SMILES string of the molecule is C[C@@H](NS(=O)(=O)c1ccc(F)cc1)C(=O)NCCO. The Balaban J connectivity index is 2.74. The van der Waals surface area contributed by atoms with Crippen molar-refractivity contribution in [2.45, 2.75) is 17.9 Å². The number of hydrogen-bond acceptors (Lipinski definition) is 4. The fourth-order valence-corrected chi connectivity index (χ4v) is 2.50. The zero-order valence-corrected chi connectivity index (χ0v) is 11.1. The van der Waals surface area contributed by atoms with E-state index < -0.39 is 27.8 Å². The van der Waals surface area contributed by atoms with Gasteiger partial charge in [0.25, 0.3) is 0 Å². The fraction of sp³-hybridized carbons (Fsp3) is 0.364. The van der Waals surface area contributed by atoms with Gasteiger partial charge in [-0.15, -0.1) is 0 Å². The van der Waals surface area contributed by atoms with E-state index in [1.54, 1.807) is 0 Å². The summed E-state index contributed by atoms with van der Waals surface area (Å²) in [7, 11) is -3.89. The number of rotatable bonds is 6. The first-order valence-corrected chi connectivity index (χ1v) is 7.01. The second-order valence-corrected chi connectivity index (χ2v) is 5.53. The van der Waals surface area contributed by atoms with Crippen LogP contribution in [0.1, 0.15) is 6.92 Å². The van der Waals surface area contributed by atoms with Gasteiger partial charge in [-0.05, 0) is 31.2 Å². The maximum Gasteiger partial charge on any atom is 0.241 e. The Bertz CT molecular complexity index is 530. The van der Waals surface area contributed by atoms with E-state index in [1.165, 1.54) is 6.92 Å². The van der Waals surface area contributed by atoms with Crippen molar-refractivity contribution < 1.29 is 22.7 Å². The molecule has 1 aromatic carbocycles. The molecule has 0 bridgehead atoms. The van der Waals surface area contributed by atoms with Crippen molar-refractivity contribution in [1.82, 2.24) is 10.0 Å². The van der Waals surface area contributed by atoms with Gasteiger partial charge in [0.15, 0.2) is 0 Å². The van der Waals surface area contributed by atoms with Crippen LogP contribution in [0.15, 0.2) is 29.2 Å². The molecule has 0 aliphatic rings. The molecule has 1 rings (SSSR count). The van der Waals surface area contributed by atoms with E-state index >= 15 is 0 Å². The number of carbonyl (C=O) groups excluding carboxylic acids is 1. The predicted molar refractivity (Wildman–Crippen MR) is 66.3 cm³/mol. The van der Waals surface area contributed by atoms with Crippen LogP contribution in [0.5, 0.6) is 0 Å². The Labute approximate surface area is 110 Å². The summed E-state index contributed by atoms with van der Waals surface area (Å²) < 4.78 is 38.6. The van der Waals surface area contributed by atoms with Crippen molar-refractivity contribution in [2.75, 3.05) is 13.2 Å². The monoisotopic (exact) mass is 290 g/mol. The molecule has 1 aromatic rings. The summed E-state index contributed by atoms with van der Waals surface area (Å²) in [6.45, 7) is 1.18. The van der Waals surface area contributed by atoms with Crippen LogP contribution in [0.2, 0.25) is 0 Å². The van der Waals surface area contributed by atoms with E-state index in [4.69, 9.17) is 5.11 Å². The third kappa shape index (κ3) is 4.58. The third-order valence-corrected chi connectivity index (χ3v) is 3.82. The second kappa shape index (κ2) is 6.60. The van der Waals surface area contributed by atoms with Gasteiger partial charge in [-0.3, -0.25) is 4.79 Å². The minimum atomic E-state index is -3.89. The van der Waals surface area contributed by atoms with Gasteiger partial charge in [0.05, 0.1) is 17.5 Å². The number of amides is 1. The van der Waals surface area contributed by atoms with E-state index in [1.807, 2.05) is 0 Å². The van der Waals surface area contributed by atoms with Gasteiger partial charge < -0.3 is 10.4 Å². The molecular formula is C11H15FN2O4S. The van der Waals surface area contributed by atoms with Gasteiger partial charge in [0.1, 0.15) is 5.82 Å². The van der Waals surface area contributed by atoms with Crippen molar-refractivity contribution in [3.63, 3.8) is 0 Å². The van der Waals surface area contributed by atoms with Crippen molar-refractivity contribution >= 4 is 15.9 Å². The molecule has 0 fully saturated rings. The van der Waals surface area contributed by atoms with Gasteiger partial charge in [0.2, 0.25) is 15.9 Å². The van der Waals surface area contributed by atoms with E-state index in [-0.39, 0.29) is 18.0 Å². The summed E-state index contributed by atoms with van der Waals surface area (Å²) in [4.78, 5) is 11.3. The van der Waals surface area contributed by atoms with Crippen molar-refractivity contribution in [3.8, 4) is 0 Å². The summed E-state index contributed by atoms with van der Waals surface area (Å²) in [6, 6.07) is 3.25. The maximum absolute atomic E-state index is 12.7. The number of aliphatic hydroxyl groups is 1. The molecule has 8 heteroatoms. The van der Waals surface area contributed by atoms with Crippen molar-refractivity contribution in [1.29, 1.82) is 0 Å². The number of nitrogens with one attached hydrogen (secondary N) is 2. The van der Waals surface area contributed by atoms with Crippen molar-refractivity contribution in [3.05, 3.63) is 30.1 Å². The van der Waals surface area contributed by atoms with Gasteiger partial charge in [-0.1, -0.05) is 0 Å². The van der Waals surface area contributed by atoms with Crippen molar-refractivity contribution in [2.24, 2.45) is 0 Å². The molecule has 0 spiro atoms. The summed E-state index contributed by atoms with van der Waals surface area (Å²) in [5.41, 5.74) is 0. The topological polar surface area (TPSA) is 95.5 Å². The van der Waals surface area contributed by atoms with Crippen LogP contribution in [0.3, 0.4) is 0 Å². The zero-order chi connectivity index (χ0) is 14.5. The summed E-state index contributed by atoms with van der Waals surface area (Å²) in [5, 5.41) is 10.9. The van der Waals surface area contributed by atoms with Crippen LogP contribution in [0.4, 0.5) is 4.39 Å². The first-order chi connectivity index (χ1) is 8.86. The van der Waals surface area contributed by atoms with Crippen LogP contribution in [-0.2, 0) is 14.8 Å². The van der Waals surface area contributed by atoms with E-state index in [2.05, 4.69) is 10.0 Å². The smallest absolute Gasteiger partial charge is 0.241 e. The highest BCUT2D eigenvalue weighted by molar-refractivity contribution is 7.89. The Morgan fingerprint density at radius 3 is 2.47 bits per heavy atom. The number of benzene rings is 1. The Morgan fingerprint density at radius 2 is 1.95 bits per heavy atom. The molecule has 3 N–H and O–H groups in total. The predicted octanol–water partition coefficient (Wildman–Crippen LogP) is -0.399. The first kappa shape index (κ1) is 15.5. The van der Waals surface area contributed by atoms with Gasteiger partial charge in [0, 0.05) is 6.54 Å². The van der Waals surface area contributed by atoms with Crippen LogP contribution in [0, 0.1) is 5.82 Å². The van der Waals surface area contributed by atoms with Crippen LogP contribution in [0.25, 0.3) is 0 Å². The molecule has 19 heavy (non-hydrogen) atoms. The molecule has 0 aliphatic heterocycles. The van der Waals surface area contributed by atoms with Gasteiger partial charge in [-0.2, -0.15) is 4.72 Å². The average molecular weight is 290 g/mol. The molecule has 0 heterocycles. The highest BCUT2D eigenvalue weighted by atomic mass is 32.2. The van der Waals surface area contributed by atoms with Crippen LogP contribution < -0.4 is 10.0 Å². The lowest BCUT2D eigenvalue weighted by Gasteiger charge is -2.14. The number of halogens is 1. The molecule has 0 aromatic heterocycles. The second-order valence-electron chi connectivity index (χ2n) is 3.81. The maximum atomic E-state index is 12.7. The van der Waals surface area contributed by atoms with Crippen LogP contribution in [-0.4, -0.2) is 38.6 Å². The van der Waals surface area contributed by atoms with Crippen LogP contribution >= 0.6 is 0 Å². The lowest BCUT2D eigenvalue weighted by atomic mass is 10.3.